The molecule has 596 valence electrons. The Morgan fingerprint density at radius 3 is 0.552 bits per heavy atom. The summed E-state index contributed by atoms with van der Waals surface area (Å²) in [6.07, 6.45) is 0. The van der Waals surface area contributed by atoms with Crippen molar-refractivity contribution in [3.63, 3.8) is 0 Å². The fourth-order valence-corrected chi connectivity index (χ4v) is 14.2. The SMILES string of the molecule is CC(C)(C)c1ccc(C2=C(c3ccc(C(C)(C)C)cc3)c3nc2nc2[n-]c(nc4[n-]c(c(-c5ccc(C(C)(C)C)cc5)c4-c4ccc(C(C)(C)C)cc4)c4[n-]c(n3)c(-c3ccc(C(C)(C)C)cc3)c4-c3ccc(C(C)(C)C)cc3)c(-c3ccc(C(C)(C)C)cc3)c2-c2ccc(C(C)(C)C)cc2)cc1.[C-]#[N+]C(C)(C)C.[C-]#[N+]C(C)(C)C.[Fe+6]. The van der Waals surface area contributed by atoms with E-state index in [1.165, 1.54) is 44.5 Å². The molecule has 1 aliphatic rings. The first-order chi connectivity index (χ1) is 53.2. The van der Waals surface area contributed by atoms with E-state index in [2.05, 4.69) is 370 Å². The Balaban J connectivity index is 0.00000102. The zero-order valence-electron chi connectivity index (χ0n) is 74.9. The van der Waals surface area contributed by atoms with Gasteiger partial charge in [-0.2, -0.15) is 0 Å². The zero-order valence-corrected chi connectivity index (χ0v) is 76.0. The van der Waals surface area contributed by atoms with E-state index >= 15 is 0 Å². The van der Waals surface area contributed by atoms with Crippen molar-refractivity contribution in [3.05, 3.63) is 284 Å². The maximum atomic E-state index is 6.48. The molecule has 0 atom stereocenters. The van der Waals surface area contributed by atoms with Crippen LogP contribution in [0.5, 0.6) is 0 Å². The predicted molar refractivity (Wildman–Crippen MR) is 489 cm³/mol. The topological polar surface area (TPSA) is 103 Å². The van der Waals surface area contributed by atoms with Crippen molar-refractivity contribution >= 4 is 44.8 Å². The molecule has 4 aromatic heterocycles. The minimum atomic E-state index is -0.167. The van der Waals surface area contributed by atoms with Gasteiger partial charge < -0.3 is 39.6 Å². The molecule has 0 amide bonds. The molecule has 12 aromatic rings. The Hall–Kier alpha value is -10.2. The van der Waals surface area contributed by atoms with E-state index in [9.17, 15) is 0 Å². The average molecular weight is 1580 g/mol. The molecule has 116 heavy (non-hydrogen) atoms. The minimum Gasteiger partial charge on any atom is -0.435 e. The minimum absolute atomic E-state index is 0. The van der Waals surface area contributed by atoms with Gasteiger partial charge in [-0.1, -0.05) is 360 Å². The van der Waals surface area contributed by atoms with Crippen molar-refractivity contribution < 1.29 is 17.1 Å². The summed E-state index contributed by atoms with van der Waals surface area (Å²) in [4.78, 5) is 48.4. The van der Waals surface area contributed by atoms with E-state index in [-0.39, 0.29) is 71.5 Å². The third-order valence-corrected chi connectivity index (χ3v) is 21.5. The molecular weight excluding hydrogens is 1460 g/mol. The molecule has 8 aromatic carbocycles. The maximum Gasteiger partial charge on any atom is 6.00 e. The van der Waals surface area contributed by atoms with Crippen LogP contribution in [0, 0.1) is 13.1 Å². The molecule has 0 unspecified atom stereocenters. The number of hydrogen-bond acceptors (Lipinski definition) is 4. The summed E-state index contributed by atoms with van der Waals surface area (Å²) in [5, 5.41) is 0. The van der Waals surface area contributed by atoms with Gasteiger partial charge in [-0.3, -0.25) is 0 Å². The van der Waals surface area contributed by atoms with Crippen LogP contribution in [0.4, 0.5) is 0 Å². The first-order valence-electron chi connectivity index (χ1n) is 40.8. The second-order valence-corrected chi connectivity index (χ2v) is 41.6. The molecular formula is C106H122FeN9+3. The van der Waals surface area contributed by atoms with Crippen LogP contribution in [-0.2, 0) is 60.4 Å². The number of hydrogen-bond donors (Lipinski definition) is 0. The Bertz CT molecular complexity index is 5750. The zero-order chi connectivity index (χ0) is 84.5. The van der Waals surface area contributed by atoms with E-state index in [1.807, 2.05) is 41.5 Å². The van der Waals surface area contributed by atoms with Crippen molar-refractivity contribution in [3.8, 4) is 66.8 Å². The Labute approximate surface area is 705 Å². The number of aromatic nitrogens is 7. The summed E-state index contributed by atoms with van der Waals surface area (Å²) in [5.41, 5.74) is 26.4. The van der Waals surface area contributed by atoms with Gasteiger partial charge in [-0.15, -0.1) is 0 Å². The first-order valence-corrected chi connectivity index (χ1v) is 40.8. The van der Waals surface area contributed by atoms with Crippen LogP contribution in [0.3, 0.4) is 0 Å². The van der Waals surface area contributed by atoms with Crippen molar-refractivity contribution in [2.75, 3.05) is 0 Å². The van der Waals surface area contributed by atoms with Gasteiger partial charge in [0.1, 0.15) is 0 Å². The molecule has 0 N–H and O–H groups in total. The van der Waals surface area contributed by atoms with Crippen molar-refractivity contribution in [2.45, 2.75) is 262 Å². The van der Waals surface area contributed by atoms with Crippen LogP contribution in [0.1, 0.15) is 275 Å². The summed E-state index contributed by atoms with van der Waals surface area (Å²) in [7, 11) is 0. The molecule has 10 heteroatoms. The van der Waals surface area contributed by atoms with Crippen molar-refractivity contribution in [2.24, 2.45) is 0 Å². The third-order valence-electron chi connectivity index (χ3n) is 21.5. The van der Waals surface area contributed by atoms with Crippen molar-refractivity contribution in [1.82, 2.24) is 34.9 Å². The van der Waals surface area contributed by atoms with E-state index in [0.29, 0.717) is 45.3 Å². The third kappa shape index (κ3) is 19.7. The molecule has 5 heterocycles. The molecule has 8 bridgehead atoms. The van der Waals surface area contributed by atoms with Crippen LogP contribution in [0.25, 0.3) is 121 Å². The molecule has 0 fully saturated rings. The number of fused-ring (bicyclic) bond motifs is 9. The van der Waals surface area contributed by atoms with Crippen LogP contribution in [0.15, 0.2) is 194 Å². The van der Waals surface area contributed by atoms with Crippen LogP contribution >= 0.6 is 0 Å². The smallest absolute Gasteiger partial charge is 0.435 e. The monoisotopic (exact) mass is 1580 g/mol. The van der Waals surface area contributed by atoms with Gasteiger partial charge in [-0.25, -0.2) is 18.1 Å². The number of benzene rings is 8. The first kappa shape index (κ1) is 88.2. The quantitative estimate of drug-likeness (QED) is 0.110. The molecule has 9 nitrogen and oxygen atoms in total. The van der Waals surface area contributed by atoms with Gasteiger partial charge in [-0.05, 0) is 188 Å². The van der Waals surface area contributed by atoms with E-state index in [1.54, 1.807) is 0 Å². The second kappa shape index (κ2) is 32.3. The van der Waals surface area contributed by atoms with Crippen molar-refractivity contribution in [1.29, 1.82) is 0 Å². The van der Waals surface area contributed by atoms with Gasteiger partial charge in [0.2, 0.25) is 11.1 Å². The summed E-state index contributed by atoms with van der Waals surface area (Å²) < 4.78 is 0. The van der Waals surface area contributed by atoms with E-state index in [0.717, 1.165) is 89.0 Å². The van der Waals surface area contributed by atoms with Gasteiger partial charge >= 0.3 is 17.1 Å². The van der Waals surface area contributed by atoms with E-state index in [4.69, 9.17) is 48.0 Å². The fourth-order valence-electron chi connectivity index (χ4n) is 14.2. The normalized spacial score (nSPS) is 13.0. The molecule has 0 spiro atoms. The summed E-state index contributed by atoms with van der Waals surface area (Å²) in [6.45, 7) is 78.7. The fraction of sp³-hybridized carbons (Fsp3) is 0.377. The average Bonchev–Trinajstić information content (AvgIpc) is 1.57. The van der Waals surface area contributed by atoms with Gasteiger partial charge in [0.15, 0.2) is 0 Å². The van der Waals surface area contributed by atoms with Crippen LogP contribution in [-0.4, -0.2) is 31.0 Å². The standard InChI is InChI=1S/C96H104N7.2C5H9N.Fe/c1-89(2,3)65-41-25-57(26-42-65)73-75(59-29-45-67(46-30-59)91(7,8)9)83-97-81(73)82-74(58-27-43-66(44-28-58)90(4,5)6)76(60-31-47-68(48-32-60)92(10,11)12)84(98-82)100-86-78(62-35-51-70(52-36-62)94(16,17)18)80(64-39-55-72(56-40-64)96(22,23)24)88(102-86)103-87-79(63-37-53-71(54-38-63)95(19,20)21)77(85(99-83)101-87)61-33-49-69(50-34-61)93(13,14)15;2*1-5(2,3)6-4;/h25-56H,1-24H3;2*1-3H3;/q-3;;;+6. The largest absolute Gasteiger partial charge is 6.00 e. The Morgan fingerprint density at radius 2 is 0.362 bits per heavy atom. The molecule has 0 radical (unpaired) electrons. The summed E-state index contributed by atoms with van der Waals surface area (Å²) >= 11 is 0. The second-order valence-electron chi connectivity index (χ2n) is 41.6. The Morgan fingerprint density at radius 1 is 0.207 bits per heavy atom. The molecule has 13 rings (SSSR count). The van der Waals surface area contributed by atoms with E-state index < -0.39 is 0 Å². The number of nitrogens with zero attached hydrogens (tertiary/aromatic N) is 9. The summed E-state index contributed by atoms with van der Waals surface area (Å²) in [5.74, 6) is 0.963. The molecule has 0 aliphatic carbocycles. The molecule has 1 aliphatic heterocycles. The molecule has 0 saturated carbocycles. The maximum absolute atomic E-state index is 6.48. The van der Waals surface area contributed by atoms with Crippen LogP contribution < -0.4 is 15.0 Å². The summed E-state index contributed by atoms with van der Waals surface area (Å²) in [6, 6.07) is 72.3. The van der Waals surface area contributed by atoms with Gasteiger partial charge in [0.05, 0.1) is 11.6 Å². The van der Waals surface area contributed by atoms with Crippen LogP contribution in [0.2, 0.25) is 0 Å². The molecule has 0 saturated heterocycles. The van der Waals surface area contributed by atoms with Gasteiger partial charge in [0, 0.05) is 63.9 Å². The predicted octanol–water partition coefficient (Wildman–Crippen LogP) is 28.4. The van der Waals surface area contributed by atoms with Gasteiger partial charge in [0.25, 0.3) is 0 Å². The number of rotatable bonds is 8. The Kier molecular flexibility index (Phi) is 24.6.